The molecule has 1 N–H and O–H groups in total. The van der Waals surface area contributed by atoms with Gasteiger partial charge >= 0.3 is 0 Å². The molecule has 1 atom stereocenters. The Morgan fingerprint density at radius 2 is 1.76 bits per heavy atom. The Hall–Kier alpha value is -3.74. The number of nitrogens with one attached hydrogen (secondary N) is 1. The highest BCUT2D eigenvalue weighted by Crippen LogP contribution is 2.35. The maximum Gasteiger partial charge on any atom is 0.274 e. The molecule has 0 aliphatic carbocycles. The van der Waals surface area contributed by atoms with Gasteiger partial charge in [0.15, 0.2) is 0 Å². The van der Waals surface area contributed by atoms with Gasteiger partial charge in [-0.25, -0.2) is 4.98 Å². The van der Waals surface area contributed by atoms with Crippen LogP contribution < -0.4 is 10.1 Å². The third kappa shape index (κ3) is 4.87. The van der Waals surface area contributed by atoms with Gasteiger partial charge in [0, 0.05) is 32.5 Å². The van der Waals surface area contributed by atoms with Gasteiger partial charge < -0.3 is 15.0 Å². The summed E-state index contributed by atoms with van der Waals surface area (Å²) in [6, 6.07) is 16.2. The van der Waals surface area contributed by atoms with Crippen molar-refractivity contribution in [1.29, 1.82) is 0 Å². The van der Waals surface area contributed by atoms with Gasteiger partial charge in [-0.2, -0.15) is 0 Å². The van der Waals surface area contributed by atoms with Gasteiger partial charge in [-0.1, -0.05) is 36.4 Å². The van der Waals surface area contributed by atoms with Gasteiger partial charge in [-0.15, -0.1) is 0 Å². The van der Waals surface area contributed by atoms with E-state index in [1.807, 2.05) is 24.3 Å². The number of rotatable bonds is 6. The highest BCUT2D eigenvalue weighted by Gasteiger charge is 2.43. The summed E-state index contributed by atoms with van der Waals surface area (Å²) in [6.45, 7) is 0.951. The number of methoxy groups -OCH3 is 1. The zero-order valence-electron chi connectivity index (χ0n) is 19.0. The average molecular weight is 445 g/mol. The van der Waals surface area contributed by atoms with E-state index in [9.17, 15) is 9.59 Å². The van der Waals surface area contributed by atoms with E-state index in [4.69, 9.17) is 4.74 Å². The monoisotopic (exact) mass is 444 g/mol. The maximum atomic E-state index is 13.1. The Labute approximate surface area is 193 Å². The van der Waals surface area contributed by atoms with Gasteiger partial charge in [0.25, 0.3) is 5.91 Å². The van der Waals surface area contributed by atoms with Crippen molar-refractivity contribution in [2.75, 3.05) is 27.2 Å². The summed E-state index contributed by atoms with van der Waals surface area (Å²) < 4.78 is 5.23. The third-order valence-electron chi connectivity index (χ3n) is 6.27. The van der Waals surface area contributed by atoms with E-state index >= 15 is 0 Å². The Bertz CT molecular complexity index is 1100. The van der Waals surface area contributed by atoms with Crippen molar-refractivity contribution in [2.45, 2.75) is 19.3 Å². The number of carbonyl (C=O) groups excluding carboxylic acids is 2. The third-order valence-corrected chi connectivity index (χ3v) is 6.27. The number of benzene rings is 2. The minimum absolute atomic E-state index is 0.0432. The fourth-order valence-corrected chi connectivity index (χ4v) is 4.54. The topological polar surface area (TPSA) is 84.4 Å². The van der Waals surface area contributed by atoms with Crippen LogP contribution in [0.25, 0.3) is 11.1 Å². The molecule has 7 heteroatoms. The summed E-state index contributed by atoms with van der Waals surface area (Å²) in [5.41, 5.74) is 2.87. The zero-order chi connectivity index (χ0) is 23.3. The molecule has 0 bridgehead atoms. The fraction of sp³-hybridized carbons (Fsp3) is 0.308. The van der Waals surface area contributed by atoms with Crippen LogP contribution in [0.5, 0.6) is 5.75 Å². The molecule has 1 fully saturated rings. The molecule has 0 saturated carbocycles. The first-order valence-corrected chi connectivity index (χ1v) is 11.1. The largest absolute Gasteiger partial charge is 0.497 e. The molecule has 1 aromatic heterocycles. The second-order valence-electron chi connectivity index (χ2n) is 8.38. The number of amides is 2. The molecule has 170 valence electrons. The van der Waals surface area contributed by atoms with E-state index in [1.165, 1.54) is 18.6 Å². The maximum absolute atomic E-state index is 13.1. The molecule has 3 aromatic rings. The number of nitrogens with zero attached hydrogens (tertiary/aromatic N) is 3. The molecule has 4 rings (SSSR count). The van der Waals surface area contributed by atoms with E-state index < -0.39 is 5.41 Å². The van der Waals surface area contributed by atoms with Crippen molar-refractivity contribution < 1.29 is 14.3 Å². The van der Waals surface area contributed by atoms with Crippen LogP contribution in [0.1, 0.15) is 28.9 Å². The minimum atomic E-state index is -0.688. The predicted molar refractivity (Wildman–Crippen MR) is 126 cm³/mol. The summed E-state index contributed by atoms with van der Waals surface area (Å²) in [4.78, 5) is 35.9. The number of hydrogen-bond acceptors (Lipinski definition) is 5. The van der Waals surface area contributed by atoms with Crippen LogP contribution >= 0.6 is 0 Å². The number of carbonyl (C=O) groups is 2. The zero-order valence-corrected chi connectivity index (χ0v) is 19.0. The number of ether oxygens (including phenoxy) is 1. The quantitative estimate of drug-likeness (QED) is 0.630. The molecular formula is C26H28N4O3. The lowest BCUT2D eigenvalue weighted by Gasteiger charge is -2.41. The van der Waals surface area contributed by atoms with Crippen LogP contribution in [0, 0.1) is 5.41 Å². The number of aromatic nitrogens is 2. The van der Waals surface area contributed by atoms with Gasteiger partial charge in [0.2, 0.25) is 5.91 Å². The molecule has 2 aromatic carbocycles. The normalized spacial score (nSPS) is 17.9. The number of hydrogen-bond donors (Lipinski definition) is 1. The Morgan fingerprint density at radius 1 is 1.06 bits per heavy atom. The Kier molecular flexibility index (Phi) is 6.68. The molecule has 0 radical (unpaired) electrons. The highest BCUT2D eigenvalue weighted by atomic mass is 16.5. The first-order chi connectivity index (χ1) is 16.0. The van der Waals surface area contributed by atoms with Gasteiger partial charge in [-0.05, 0) is 48.1 Å². The van der Waals surface area contributed by atoms with Crippen molar-refractivity contribution >= 4 is 11.8 Å². The van der Waals surface area contributed by atoms with E-state index in [0.717, 1.165) is 35.3 Å². The molecule has 1 aliphatic rings. The standard InChI is InChI=1S/C26H28N4O3/c1-27-25(32)26(12-3-15-30(18-26)24(31)23-17-28-13-14-29-23)16-19-4-6-20(7-5-19)21-8-10-22(33-2)11-9-21/h4-11,13-14,17H,3,12,15-16,18H2,1-2H3,(H,27,32)/t26-/m0/s1. The predicted octanol–water partition coefficient (Wildman–Crippen LogP) is 3.36. The molecule has 33 heavy (non-hydrogen) atoms. The van der Waals surface area contributed by atoms with Crippen LogP contribution in [0.2, 0.25) is 0 Å². The van der Waals surface area contributed by atoms with Crippen molar-refractivity contribution in [2.24, 2.45) is 5.41 Å². The van der Waals surface area contributed by atoms with Crippen LogP contribution in [0.3, 0.4) is 0 Å². The summed E-state index contributed by atoms with van der Waals surface area (Å²) in [7, 11) is 3.31. The molecule has 7 nitrogen and oxygen atoms in total. The lowest BCUT2D eigenvalue weighted by Crippen LogP contribution is -2.54. The van der Waals surface area contributed by atoms with Gasteiger partial charge in [0.05, 0.1) is 18.7 Å². The lowest BCUT2D eigenvalue weighted by atomic mass is 9.74. The van der Waals surface area contributed by atoms with Crippen LogP contribution in [0.15, 0.2) is 67.1 Å². The van der Waals surface area contributed by atoms with Crippen molar-refractivity contribution in [3.05, 3.63) is 78.4 Å². The van der Waals surface area contributed by atoms with E-state index in [1.54, 1.807) is 19.1 Å². The molecular weight excluding hydrogens is 416 g/mol. The van der Waals surface area contributed by atoms with Crippen molar-refractivity contribution in [3.8, 4) is 16.9 Å². The van der Waals surface area contributed by atoms with E-state index in [2.05, 4.69) is 39.6 Å². The number of likely N-dealkylation sites (tertiary alicyclic amines) is 1. The first-order valence-electron chi connectivity index (χ1n) is 11.1. The molecule has 1 aliphatic heterocycles. The first kappa shape index (κ1) is 22.5. The summed E-state index contributed by atoms with van der Waals surface area (Å²) in [5.74, 6) is 0.588. The van der Waals surface area contributed by atoms with Gasteiger partial charge in [0.1, 0.15) is 11.4 Å². The second-order valence-corrected chi connectivity index (χ2v) is 8.38. The average Bonchev–Trinajstić information content (AvgIpc) is 2.89. The minimum Gasteiger partial charge on any atom is -0.497 e. The van der Waals surface area contributed by atoms with Crippen molar-refractivity contribution in [3.63, 3.8) is 0 Å². The van der Waals surface area contributed by atoms with Gasteiger partial charge in [-0.3, -0.25) is 14.6 Å². The Morgan fingerprint density at radius 3 is 2.36 bits per heavy atom. The molecule has 2 amide bonds. The summed E-state index contributed by atoms with van der Waals surface area (Å²) >= 11 is 0. The SMILES string of the molecule is CNC(=O)[C@]1(Cc2ccc(-c3ccc(OC)cc3)cc2)CCCN(C(=O)c2cnccn2)C1. The molecule has 2 heterocycles. The molecule has 1 saturated heterocycles. The van der Waals surface area contributed by atoms with E-state index in [-0.39, 0.29) is 11.8 Å². The van der Waals surface area contributed by atoms with Crippen LogP contribution in [-0.4, -0.2) is 53.9 Å². The molecule has 0 spiro atoms. The Balaban J connectivity index is 1.54. The van der Waals surface area contributed by atoms with Crippen LogP contribution in [-0.2, 0) is 11.2 Å². The fourth-order valence-electron chi connectivity index (χ4n) is 4.54. The van der Waals surface area contributed by atoms with E-state index in [0.29, 0.717) is 25.2 Å². The van der Waals surface area contributed by atoms with Crippen LogP contribution in [0.4, 0.5) is 0 Å². The van der Waals surface area contributed by atoms with Crippen molar-refractivity contribution in [1.82, 2.24) is 20.2 Å². The summed E-state index contributed by atoms with van der Waals surface area (Å²) in [6.07, 6.45) is 6.54. The molecule has 0 unspecified atom stereocenters. The second kappa shape index (κ2) is 9.81. The highest BCUT2D eigenvalue weighted by molar-refractivity contribution is 5.93. The smallest absolute Gasteiger partial charge is 0.274 e. The lowest BCUT2D eigenvalue weighted by molar-refractivity contribution is -0.133. The number of piperidine rings is 1. The summed E-state index contributed by atoms with van der Waals surface area (Å²) in [5, 5.41) is 2.83.